The van der Waals surface area contributed by atoms with Crippen LogP contribution in [0.1, 0.15) is 21.7 Å². The highest BCUT2D eigenvalue weighted by molar-refractivity contribution is 6.33. The molecule has 7 heteroatoms. The van der Waals surface area contributed by atoms with Crippen molar-refractivity contribution in [2.75, 3.05) is 11.9 Å². The van der Waals surface area contributed by atoms with E-state index in [1.807, 2.05) is 25.1 Å². The van der Waals surface area contributed by atoms with E-state index in [1.165, 1.54) is 6.20 Å². The molecule has 3 aromatic rings. The molecule has 1 N–H and O–H groups in total. The van der Waals surface area contributed by atoms with E-state index in [0.29, 0.717) is 30.2 Å². The monoisotopic (exact) mass is 368 g/mol. The second kappa shape index (κ2) is 8.40. The Morgan fingerprint density at radius 3 is 2.73 bits per heavy atom. The van der Waals surface area contributed by atoms with E-state index in [9.17, 15) is 4.79 Å². The molecule has 0 spiro atoms. The van der Waals surface area contributed by atoms with Gasteiger partial charge in [-0.15, -0.1) is 0 Å². The first-order chi connectivity index (χ1) is 12.6. The second-order valence-electron chi connectivity index (χ2n) is 5.55. The predicted octanol–water partition coefficient (Wildman–Crippen LogP) is 3.71. The van der Waals surface area contributed by atoms with Crippen LogP contribution in [-0.4, -0.2) is 27.5 Å². The lowest BCUT2D eigenvalue weighted by Crippen LogP contribution is -2.13. The van der Waals surface area contributed by atoms with Crippen LogP contribution in [0.3, 0.4) is 0 Å². The molecule has 0 radical (unpaired) electrons. The number of nitrogens with one attached hydrogen (secondary N) is 1. The van der Waals surface area contributed by atoms with Gasteiger partial charge in [0.1, 0.15) is 5.15 Å². The van der Waals surface area contributed by atoms with Crippen LogP contribution in [0, 0.1) is 6.92 Å². The van der Waals surface area contributed by atoms with Gasteiger partial charge in [0.15, 0.2) is 0 Å². The summed E-state index contributed by atoms with van der Waals surface area (Å²) in [6, 6.07) is 12.5. The third-order valence-electron chi connectivity index (χ3n) is 3.56. The third kappa shape index (κ3) is 4.77. The molecule has 132 valence electrons. The van der Waals surface area contributed by atoms with Crippen molar-refractivity contribution < 1.29 is 9.53 Å². The highest BCUT2D eigenvalue weighted by Crippen LogP contribution is 2.17. The van der Waals surface area contributed by atoms with E-state index in [1.54, 1.807) is 30.5 Å². The van der Waals surface area contributed by atoms with E-state index in [0.717, 1.165) is 11.4 Å². The van der Waals surface area contributed by atoms with E-state index in [4.69, 9.17) is 16.3 Å². The first-order valence-corrected chi connectivity index (χ1v) is 8.43. The molecule has 0 saturated heterocycles. The Balaban J connectivity index is 1.54. The summed E-state index contributed by atoms with van der Waals surface area (Å²) in [5.74, 6) is 0.141. The number of aromatic nitrogens is 3. The van der Waals surface area contributed by atoms with Crippen molar-refractivity contribution in [1.29, 1.82) is 0 Å². The molecule has 0 fully saturated rings. The summed E-state index contributed by atoms with van der Waals surface area (Å²) in [5.41, 5.74) is 2.57. The molecular formula is C19H17ClN4O2. The summed E-state index contributed by atoms with van der Waals surface area (Å²) in [5, 5.41) is 2.91. The first kappa shape index (κ1) is 17.8. The number of hydrogen-bond acceptors (Lipinski definition) is 5. The summed E-state index contributed by atoms with van der Waals surface area (Å²) in [6.07, 6.45) is 3.98. The number of nitrogens with zero attached hydrogens (tertiary/aromatic N) is 3. The number of carbonyl (C=O) groups is 1. The minimum atomic E-state index is -0.340. The zero-order chi connectivity index (χ0) is 18.4. The van der Waals surface area contributed by atoms with Crippen molar-refractivity contribution in [3.63, 3.8) is 0 Å². The highest BCUT2D eigenvalue weighted by atomic mass is 35.5. The van der Waals surface area contributed by atoms with Crippen LogP contribution in [-0.2, 0) is 6.42 Å². The Hall–Kier alpha value is -2.99. The van der Waals surface area contributed by atoms with Gasteiger partial charge >= 0.3 is 0 Å². The lowest BCUT2D eigenvalue weighted by atomic mass is 10.2. The minimum absolute atomic E-state index is 0.171. The lowest BCUT2D eigenvalue weighted by molar-refractivity contribution is 0.102. The molecule has 0 atom stereocenters. The van der Waals surface area contributed by atoms with Gasteiger partial charge in [-0.05, 0) is 37.3 Å². The fourth-order valence-electron chi connectivity index (χ4n) is 2.24. The maximum absolute atomic E-state index is 12.3. The SMILES string of the molecule is Cc1ccc(C(=O)Nc2ccc(OCCc3ccccn3)nc2)c(Cl)n1. The molecule has 0 saturated carbocycles. The van der Waals surface area contributed by atoms with Crippen LogP contribution in [0.2, 0.25) is 5.15 Å². The van der Waals surface area contributed by atoms with E-state index >= 15 is 0 Å². The molecule has 6 nitrogen and oxygen atoms in total. The smallest absolute Gasteiger partial charge is 0.258 e. The Kier molecular flexibility index (Phi) is 5.76. The van der Waals surface area contributed by atoms with Gasteiger partial charge in [0.05, 0.1) is 24.1 Å². The number of pyridine rings is 3. The average molecular weight is 369 g/mol. The fraction of sp³-hybridized carbons (Fsp3) is 0.158. The van der Waals surface area contributed by atoms with Gasteiger partial charge in [-0.25, -0.2) is 9.97 Å². The van der Waals surface area contributed by atoms with Gasteiger partial charge in [0.25, 0.3) is 5.91 Å². The molecule has 0 aliphatic rings. The number of hydrogen-bond donors (Lipinski definition) is 1. The van der Waals surface area contributed by atoms with Crippen molar-refractivity contribution in [3.05, 3.63) is 77.0 Å². The first-order valence-electron chi connectivity index (χ1n) is 8.05. The lowest BCUT2D eigenvalue weighted by Gasteiger charge is -2.08. The Morgan fingerprint density at radius 2 is 2.04 bits per heavy atom. The molecule has 0 unspecified atom stereocenters. The zero-order valence-electron chi connectivity index (χ0n) is 14.1. The van der Waals surface area contributed by atoms with Gasteiger partial charge in [-0.3, -0.25) is 9.78 Å². The van der Waals surface area contributed by atoms with Crippen LogP contribution in [0.25, 0.3) is 0 Å². The van der Waals surface area contributed by atoms with Gasteiger partial charge < -0.3 is 10.1 Å². The molecule has 0 bridgehead atoms. The van der Waals surface area contributed by atoms with E-state index in [-0.39, 0.29) is 11.1 Å². The molecule has 3 rings (SSSR count). The van der Waals surface area contributed by atoms with Gasteiger partial charge in [0, 0.05) is 30.1 Å². The van der Waals surface area contributed by atoms with Crippen LogP contribution in [0.5, 0.6) is 5.88 Å². The maximum Gasteiger partial charge on any atom is 0.258 e. The predicted molar refractivity (Wildman–Crippen MR) is 99.6 cm³/mol. The van der Waals surface area contributed by atoms with Crippen molar-refractivity contribution in [1.82, 2.24) is 15.0 Å². The standard InChI is InChI=1S/C19H17ClN4O2/c1-13-5-7-16(18(20)23-13)19(25)24-15-6-8-17(22-12-15)26-11-9-14-4-2-3-10-21-14/h2-8,10,12H,9,11H2,1H3,(H,24,25). The molecule has 0 aliphatic carbocycles. The number of ether oxygens (including phenoxy) is 1. The van der Waals surface area contributed by atoms with Crippen molar-refractivity contribution >= 4 is 23.2 Å². The number of rotatable bonds is 6. The molecule has 1 amide bonds. The summed E-state index contributed by atoms with van der Waals surface area (Å²) in [7, 11) is 0. The molecule has 0 aliphatic heterocycles. The average Bonchev–Trinajstić information content (AvgIpc) is 2.64. The second-order valence-corrected chi connectivity index (χ2v) is 5.91. The molecule has 26 heavy (non-hydrogen) atoms. The quantitative estimate of drug-likeness (QED) is 0.671. The van der Waals surface area contributed by atoms with Crippen LogP contribution in [0.4, 0.5) is 5.69 Å². The zero-order valence-corrected chi connectivity index (χ0v) is 14.9. The van der Waals surface area contributed by atoms with Crippen molar-refractivity contribution in [2.24, 2.45) is 0 Å². The summed E-state index contributed by atoms with van der Waals surface area (Å²) in [6.45, 7) is 2.28. The highest BCUT2D eigenvalue weighted by Gasteiger charge is 2.12. The van der Waals surface area contributed by atoms with E-state index < -0.39 is 0 Å². The fourth-order valence-corrected chi connectivity index (χ4v) is 2.52. The van der Waals surface area contributed by atoms with Crippen LogP contribution in [0.15, 0.2) is 54.9 Å². The Morgan fingerprint density at radius 1 is 1.15 bits per heavy atom. The molecular weight excluding hydrogens is 352 g/mol. The number of anilines is 1. The Labute approximate surface area is 156 Å². The molecule has 3 heterocycles. The number of aryl methyl sites for hydroxylation is 1. The summed E-state index contributed by atoms with van der Waals surface area (Å²) in [4.78, 5) is 24.8. The molecule has 3 aromatic heterocycles. The van der Waals surface area contributed by atoms with Gasteiger partial charge in [-0.1, -0.05) is 17.7 Å². The summed E-state index contributed by atoms with van der Waals surface area (Å²) < 4.78 is 5.59. The largest absolute Gasteiger partial charge is 0.477 e. The number of amides is 1. The third-order valence-corrected chi connectivity index (χ3v) is 3.85. The van der Waals surface area contributed by atoms with Gasteiger partial charge in [-0.2, -0.15) is 0 Å². The van der Waals surface area contributed by atoms with Crippen molar-refractivity contribution in [2.45, 2.75) is 13.3 Å². The van der Waals surface area contributed by atoms with Crippen LogP contribution < -0.4 is 10.1 Å². The van der Waals surface area contributed by atoms with Gasteiger partial charge in [0.2, 0.25) is 5.88 Å². The Bertz CT molecular complexity index is 886. The number of halogens is 1. The normalized spacial score (nSPS) is 10.4. The minimum Gasteiger partial charge on any atom is -0.477 e. The number of carbonyl (C=O) groups excluding carboxylic acids is 1. The maximum atomic E-state index is 12.3. The van der Waals surface area contributed by atoms with Crippen molar-refractivity contribution in [3.8, 4) is 5.88 Å². The topological polar surface area (TPSA) is 77.0 Å². The summed E-state index contributed by atoms with van der Waals surface area (Å²) >= 11 is 6.01. The molecule has 0 aromatic carbocycles. The van der Waals surface area contributed by atoms with E-state index in [2.05, 4.69) is 20.3 Å². The van der Waals surface area contributed by atoms with Crippen LogP contribution >= 0.6 is 11.6 Å².